The van der Waals surface area contributed by atoms with Crippen molar-refractivity contribution in [1.82, 2.24) is 0 Å². The van der Waals surface area contributed by atoms with Crippen LogP contribution in [0.25, 0.3) is 0 Å². The number of aliphatic hydroxyl groups is 2. The first kappa shape index (κ1) is 62.7. The van der Waals surface area contributed by atoms with Gasteiger partial charge in [-0.25, -0.2) is 0 Å². The molecule has 0 aliphatic carbocycles. The lowest BCUT2D eigenvalue weighted by Crippen LogP contribution is -2.55. The summed E-state index contributed by atoms with van der Waals surface area (Å²) >= 11 is 0. The molecule has 1 heterocycles. The molecule has 0 amide bonds. The van der Waals surface area contributed by atoms with Crippen LogP contribution in [0.5, 0.6) is 11.5 Å². The highest BCUT2D eigenvalue weighted by Gasteiger charge is 2.33. The molecule has 0 bridgehead atoms. The van der Waals surface area contributed by atoms with Crippen LogP contribution in [0.1, 0.15) is 232 Å². The molecule has 1 aromatic rings. The fourth-order valence-corrected chi connectivity index (χ4v) is 9.62. The van der Waals surface area contributed by atoms with Gasteiger partial charge in [-0.15, -0.1) is 0 Å². The second-order valence-electron chi connectivity index (χ2n) is 21.4. The lowest BCUT2D eigenvalue weighted by atomic mass is 9.86. The van der Waals surface area contributed by atoms with Crippen molar-refractivity contribution in [3.63, 3.8) is 0 Å². The molecule has 3 N–H and O–H groups in total. The van der Waals surface area contributed by atoms with Gasteiger partial charge in [0.25, 0.3) is 0 Å². The first-order valence-corrected chi connectivity index (χ1v) is 28.3. The van der Waals surface area contributed by atoms with E-state index < -0.39 is 6.10 Å². The third kappa shape index (κ3) is 28.0. The number of esters is 1. The van der Waals surface area contributed by atoms with Gasteiger partial charge in [-0.2, -0.15) is 0 Å². The maximum absolute atomic E-state index is 13.2. The molecule has 70 heavy (non-hydrogen) atoms. The van der Waals surface area contributed by atoms with Crippen molar-refractivity contribution in [2.45, 2.75) is 247 Å². The number of aryl methyl sites for hydroxylation is 1. The van der Waals surface area contributed by atoms with Gasteiger partial charge in [-0.1, -0.05) is 112 Å². The van der Waals surface area contributed by atoms with Crippen LogP contribution in [0.15, 0.2) is 65.3 Å². The summed E-state index contributed by atoms with van der Waals surface area (Å²) in [5.41, 5.74) is 7.11. The average molecular weight is 975 g/mol. The molecule has 1 aromatic carbocycles. The fraction of sp³-hybridized carbons (Fsp3) is 0.710. The van der Waals surface area contributed by atoms with Crippen molar-refractivity contribution in [2.24, 2.45) is 0 Å². The molecule has 0 aromatic heterocycles. The van der Waals surface area contributed by atoms with Gasteiger partial charge in [-0.05, 0) is 193 Å². The summed E-state index contributed by atoms with van der Waals surface area (Å²) in [6.07, 6.45) is 42.8. The highest BCUT2D eigenvalue weighted by atomic mass is 16.5. The Labute approximate surface area is 429 Å². The number of nitrogens with one attached hydrogen (secondary N) is 1. The zero-order valence-electron chi connectivity index (χ0n) is 46.5. The monoisotopic (exact) mass is 974 g/mol. The van der Waals surface area contributed by atoms with Gasteiger partial charge < -0.3 is 28.9 Å². The summed E-state index contributed by atoms with van der Waals surface area (Å²) < 4.78 is 19.2. The zero-order valence-corrected chi connectivity index (χ0v) is 46.5. The normalized spacial score (nSPS) is 16.6. The SMILES string of the molecule is CCCCC/C=C/C/C=C/CCCCCCCC(=N)OCCCC[N+](CCO)(CCCC)CC(O)CCCC(=O)Oc1cc2c(c(C)c1C)OC(C)(CC/C=C(\C)CC/C=C(\C)CCC=C(C)C)CC2. The average Bonchev–Trinajstić information content (AvgIpc) is 3.31. The van der Waals surface area contributed by atoms with Crippen molar-refractivity contribution < 1.29 is 33.7 Å². The molecular formula is C62H105N2O6+. The van der Waals surface area contributed by atoms with Crippen molar-refractivity contribution in [3.05, 3.63) is 82.0 Å². The van der Waals surface area contributed by atoms with E-state index in [1.807, 2.05) is 13.0 Å². The number of carbonyl (C=O) groups is 1. The summed E-state index contributed by atoms with van der Waals surface area (Å²) in [6, 6.07) is 2.00. The van der Waals surface area contributed by atoms with Crippen LogP contribution < -0.4 is 9.47 Å². The molecule has 398 valence electrons. The van der Waals surface area contributed by atoms with Crippen LogP contribution in [-0.2, 0) is 16.0 Å². The van der Waals surface area contributed by atoms with E-state index in [0.717, 1.165) is 138 Å². The maximum atomic E-state index is 13.2. The summed E-state index contributed by atoms with van der Waals surface area (Å²) in [6.45, 7) is 23.0. The van der Waals surface area contributed by atoms with Crippen LogP contribution in [0.3, 0.4) is 0 Å². The molecule has 8 nitrogen and oxygen atoms in total. The lowest BCUT2D eigenvalue weighted by molar-refractivity contribution is -0.931. The van der Waals surface area contributed by atoms with Gasteiger partial charge in [0.1, 0.15) is 36.3 Å². The smallest absolute Gasteiger partial charge is 0.311 e. The van der Waals surface area contributed by atoms with Crippen molar-refractivity contribution in [1.29, 1.82) is 5.41 Å². The van der Waals surface area contributed by atoms with E-state index in [0.29, 0.717) is 55.1 Å². The Balaban J connectivity index is 1.75. The number of allylic oxidation sites excluding steroid dienone is 10. The topological polar surface area (TPSA) is 109 Å². The number of benzene rings is 1. The number of carbonyl (C=O) groups excluding carboxylic acids is 1. The van der Waals surface area contributed by atoms with Crippen LogP contribution in [0.4, 0.5) is 0 Å². The molecule has 2 rings (SSSR count). The van der Waals surface area contributed by atoms with Crippen LogP contribution in [0, 0.1) is 19.3 Å². The lowest BCUT2D eigenvalue weighted by Gasteiger charge is -2.40. The van der Waals surface area contributed by atoms with E-state index in [9.17, 15) is 15.0 Å². The Hall–Kier alpha value is -3.46. The van der Waals surface area contributed by atoms with Crippen molar-refractivity contribution in [2.75, 3.05) is 39.4 Å². The molecule has 0 saturated carbocycles. The summed E-state index contributed by atoms with van der Waals surface area (Å²) in [5, 5.41) is 29.8. The van der Waals surface area contributed by atoms with Crippen LogP contribution in [0.2, 0.25) is 0 Å². The minimum absolute atomic E-state index is 0.0637. The van der Waals surface area contributed by atoms with Crippen molar-refractivity contribution in [3.8, 4) is 11.5 Å². The van der Waals surface area contributed by atoms with E-state index in [2.05, 4.69) is 97.9 Å². The number of hydrogen-bond acceptors (Lipinski definition) is 7. The van der Waals surface area contributed by atoms with Crippen LogP contribution >= 0.6 is 0 Å². The summed E-state index contributed by atoms with van der Waals surface area (Å²) in [4.78, 5) is 13.2. The number of unbranched alkanes of at least 4 members (excludes halogenated alkanes) is 10. The third-order valence-electron chi connectivity index (χ3n) is 14.4. The van der Waals surface area contributed by atoms with Crippen molar-refractivity contribution >= 4 is 11.9 Å². The van der Waals surface area contributed by atoms with Gasteiger partial charge >= 0.3 is 5.97 Å². The third-order valence-corrected chi connectivity index (χ3v) is 14.4. The van der Waals surface area contributed by atoms with E-state index in [4.69, 9.17) is 19.6 Å². The van der Waals surface area contributed by atoms with E-state index in [-0.39, 0.29) is 24.6 Å². The number of fused-ring (bicyclic) bond motifs is 1. The second kappa shape index (κ2) is 37.3. The number of ether oxygens (including phenoxy) is 3. The number of rotatable bonds is 40. The molecule has 3 atom stereocenters. The molecule has 0 spiro atoms. The van der Waals surface area contributed by atoms with E-state index in [1.165, 1.54) is 61.7 Å². The second-order valence-corrected chi connectivity index (χ2v) is 21.4. The predicted octanol–water partition coefficient (Wildman–Crippen LogP) is 16.2. The molecule has 0 saturated heterocycles. The molecule has 8 heteroatoms. The minimum atomic E-state index is -0.586. The summed E-state index contributed by atoms with van der Waals surface area (Å²) in [5.74, 6) is 1.64. The fourth-order valence-electron chi connectivity index (χ4n) is 9.62. The van der Waals surface area contributed by atoms with Gasteiger partial charge in [0, 0.05) is 12.8 Å². The predicted molar refractivity (Wildman–Crippen MR) is 297 cm³/mol. The highest BCUT2D eigenvalue weighted by Crippen LogP contribution is 2.42. The molecule has 1 aliphatic heterocycles. The van der Waals surface area contributed by atoms with Gasteiger partial charge in [0.05, 0.1) is 26.3 Å². The van der Waals surface area contributed by atoms with Crippen LogP contribution in [-0.4, -0.2) is 77.7 Å². The Kier molecular flexibility index (Phi) is 33.4. The number of quaternary nitrogens is 1. The molecule has 0 radical (unpaired) electrons. The molecule has 0 fully saturated rings. The summed E-state index contributed by atoms with van der Waals surface area (Å²) in [7, 11) is 0. The van der Waals surface area contributed by atoms with Gasteiger partial charge in [0.15, 0.2) is 5.90 Å². The molecule has 3 unspecified atom stereocenters. The minimum Gasteiger partial charge on any atom is -0.487 e. The van der Waals surface area contributed by atoms with E-state index in [1.54, 1.807) is 0 Å². The quantitative estimate of drug-likeness (QED) is 0.0115. The standard InChI is InChI=1S/C62H105N2O6/c1-10-12-14-15-16-17-18-19-20-21-22-23-24-25-26-39-59(63)68-48-28-27-45-64(46-47-65,44-13-11-2)50-57(66)38-31-40-60(67)69-58-49-56-41-43-62(9,70-61(56)55(8)54(58)7)42-32-37-53(6)36-30-35-52(5)34-29-33-51(3)4/h16-17,19-20,33,35,37,49,57,63,65-66H,10-15,18,21-32,34,36,38-48,50H2,1-9H3/q+1/b17-16+,20-19+,52-35+,53-37+,63-59?. The number of nitrogens with zero attached hydrogens (tertiary/aromatic N) is 1. The number of aliphatic hydroxyl groups excluding tert-OH is 2. The zero-order chi connectivity index (χ0) is 51.5. The Morgan fingerprint density at radius 3 is 2.09 bits per heavy atom. The highest BCUT2D eigenvalue weighted by molar-refractivity contribution is 5.73. The molecular weight excluding hydrogens is 869 g/mol. The Morgan fingerprint density at radius 2 is 1.40 bits per heavy atom. The first-order chi connectivity index (χ1) is 33.7. The van der Waals surface area contributed by atoms with Gasteiger partial charge in [0.2, 0.25) is 0 Å². The number of hydrogen-bond donors (Lipinski definition) is 3. The largest absolute Gasteiger partial charge is 0.487 e. The van der Waals surface area contributed by atoms with E-state index >= 15 is 0 Å². The van der Waals surface area contributed by atoms with Gasteiger partial charge in [-0.3, -0.25) is 10.2 Å². The molecule has 1 aliphatic rings. The maximum Gasteiger partial charge on any atom is 0.311 e. The Morgan fingerprint density at radius 1 is 0.757 bits per heavy atom. The first-order valence-electron chi connectivity index (χ1n) is 28.3. The Bertz CT molecular complexity index is 1770.